The van der Waals surface area contributed by atoms with E-state index in [2.05, 4.69) is 21.4 Å². The zero-order valence-electron chi connectivity index (χ0n) is 10.9. The maximum atomic E-state index is 9.17. The number of nitrogens with zero attached hydrogens (tertiary/aromatic N) is 2. The van der Waals surface area contributed by atoms with Gasteiger partial charge in [-0.05, 0) is 43.7 Å². The first-order chi connectivity index (χ1) is 9.36. The van der Waals surface area contributed by atoms with Gasteiger partial charge in [0.2, 0.25) is 0 Å². The maximum absolute atomic E-state index is 9.17. The largest absolute Gasteiger partial charge is 0.396 e. The number of nitrogens with one attached hydrogen (secondary N) is 1. The van der Waals surface area contributed by atoms with Crippen LogP contribution in [0.4, 0.5) is 5.82 Å². The van der Waals surface area contributed by atoms with Crippen molar-refractivity contribution in [1.29, 1.82) is 0 Å². The van der Waals surface area contributed by atoms with Crippen molar-refractivity contribution >= 4 is 16.7 Å². The number of rotatable bonds is 3. The van der Waals surface area contributed by atoms with Gasteiger partial charge in [-0.1, -0.05) is 12.1 Å². The summed E-state index contributed by atoms with van der Waals surface area (Å²) in [5.74, 6) is 1.42. The predicted octanol–water partition coefficient (Wildman–Crippen LogP) is 2.59. The quantitative estimate of drug-likeness (QED) is 0.887. The minimum Gasteiger partial charge on any atom is -0.396 e. The maximum Gasteiger partial charge on any atom is 0.137 e. The predicted molar refractivity (Wildman–Crippen MR) is 76.0 cm³/mol. The van der Waals surface area contributed by atoms with E-state index in [4.69, 9.17) is 5.11 Å². The molecule has 0 aliphatic heterocycles. The van der Waals surface area contributed by atoms with Crippen molar-refractivity contribution in [3.8, 4) is 0 Å². The summed E-state index contributed by atoms with van der Waals surface area (Å²) in [6.45, 7) is 0.323. The number of aliphatic hydroxyl groups excluding tert-OH is 1. The Labute approximate surface area is 112 Å². The Morgan fingerprint density at radius 3 is 2.68 bits per heavy atom. The molecule has 2 aromatic rings. The van der Waals surface area contributed by atoms with Crippen molar-refractivity contribution in [2.45, 2.75) is 31.7 Å². The monoisotopic (exact) mass is 257 g/mol. The van der Waals surface area contributed by atoms with Crippen molar-refractivity contribution in [2.24, 2.45) is 5.92 Å². The van der Waals surface area contributed by atoms with Crippen LogP contribution in [0, 0.1) is 5.92 Å². The number of aromatic nitrogens is 2. The van der Waals surface area contributed by atoms with Gasteiger partial charge in [0.05, 0.1) is 5.52 Å². The third kappa shape index (κ3) is 2.68. The highest BCUT2D eigenvalue weighted by atomic mass is 16.3. The molecule has 1 fully saturated rings. The van der Waals surface area contributed by atoms with Gasteiger partial charge in [0.15, 0.2) is 0 Å². The number of aliphatic hydroxyl groups is 1. The van der Waals surface area contributed by atoms with E-state index in [1.807, 2.05) is 18.2 Å². The first-order valence-electron chi connectivity index (χ1n) is 6.94. The number of fused-ring (bicyclic) bond motifs is 1. The molecule has 0 amide bonds. The van der Waals surface area contributed by atoms with Crippen LogP contribution in [-0.2, 0) is 0 Å². The smallest absolute Gasteiger partial charge is 0.137 e. The van der Waals surface area contributed by atoms with E-state index >= 15 is 0 Å². The Morgan fingerprint density at radius 2 is 1.89 bits per heavy atom. The van der Waals surface area contributed by atoms with Crippen LogP contribution < -0.4 is 5.32 Å². The molecule has 0 unspecified atom stereocenters. The van der Waals surface area contributed by atoms with E-state index in [-0.39, 0.29) is 0 Å². The van der Waals surface area contributed by atoms with Crippen LogP contribution in [-0.4, -0.2) is 27.7 Å². The molecule has 1 aromatic carbocycles. The third-order valence-corrected chi connectivity index (χ3v) is 3.99. The second-order valence-corrected chi connectivity index (χ2v) is 5.28. The number of para-hydroxylation sites is 1. The lowest BCUT2D eigenvalue weighted by Gasteiger charge is -2.28. The van der Waals surface area contributed by atoms with Gasteiger partial charge in [0.25, 0.3) is 0 Å². The first-order valence-corrected chi connectivity index (χ1v) is 6.94. The average Bonchev–Trinajstić information content (AvgIpc) is 2.48. The summed E-state index contributed by atoms with van der Waals surface area (Å²) >= 11 is 0. The lowest BCUT2D eigenvalue weighted by molar-refractivity contribution is 0.186. The Balaban J connectivity index is 1.75. The normalized spacial score (nSPS) is 23.4. The topological polar surface area (TPSA) is 58.0 Å². The molecule has 100 valence electrons. The van der Waals surface area contributed by atoms with Crippen molar-refractivity contribution in [3.05, 3.63) is 30.6 Å². The number of benzene rings is 1. The van der Waals surface area contributed by atoms with Crippen molar-refractivity contribution in [2.75, 3.05) is 11.9 Å². The van der Waals surface area contributed by atoms with E-state index in [9.17, 15) is 0 Å². The van der Waals surface area contributed by atoms with Gasteiger partial charge < -0.3 is 10.4 Å². The van der Waals surface area contributed by atoms with Crippen LogP contribution in [0.25, 0.3) is 10.9 Å². The van der Waals surface area contributed by atoms with Crippen molar-refractivity contribution in [3.63, 3.8) is 0 Å². The highest BCUT2D eigenvalue weighted by Gasteiger charge is 2.21. The minimum atomic E-state index is 0.323. The minimum absolute atomic E-state index is 0.323. The van der Waals surface area contributed by atoms with Crippen LogP contribution >= 0.6 is 0 Å². The fraction of sp³-hybridized carbons (Fsp3) is 0.467. The molecule has 0 bridgehead atoms. The number of anilines is 1. The Bertz CT molecular complexity index is 545. The average molecular weight is 257 g/mol. The Hall–Kier alpha value is -1.68. The van der Waals surface area contributed by atoms with Gasteiger partial charge in [0, 0.05) is 18.0 Å². The molecule has 1 aliphatic rings. The lowest BCUT2D eigenvalue weighted by atomic mass is 9.86. The van der Waals surface area contributed by atoms with Crippen LogP contribution in [0.1, 0.15) is 25.7 Å². The number of hydrogen-bond donors (Lipinski definition) is 2. The van der Waals surface area contributed by atoms with Crippen molar-refractivity contribution < 1.29 is 5.11 Å². The van der Waals surface area contributed by atoms with E-state index in [1.165, 1.54) is 0 Å². The molecular weight excluding hydrogens is 238 g/mol. The molecule has 1 saturated carbocycles. The number of hydrogen-bond acceptors (Lipinski definition) is 4. The van der Waals surface area contributed by atoms with Gasteiger partial charge in [-0.25, -0.2) is 9.97 Å². The summed E-state index contributed by atoms with van der Waals surface area (Å²) in [6, 6.07) is 8.52. The van der Waals surface area contributed by atoms with E-state index < -0.39 is 0 Å². The summed E-state index contributed by atoms with van der Waals surface area (Å²) in [5, 5.41) is 13.8. The summed E-state index contributed by atoms with van der Waals surface area (Å²) in [6.07, 6.45) is 6.01. The molecule has 4 heteroatoms. The van der Waals surface area contributed by atoms with Gasteiger partial charge in [-0.3, -0.25) is 0 Å². The van der Waals surface area contributed by atoms with Gasteiger partial charge >= 0.3 is 0 Å². The molecule has 0 saturated heterocycles. The fourth-order valence-electron chi connectivity index (χ4n) is 2.80. The second kappa shape index (κ2) is 5.53. The lowest BCUT2D eigenvalue weighted by Crippen LogP contribution is -2.27. The summed E-state index contributed by atoms with van der Waals surface area (Å²) in [5.41, 5.74) is 0.976. The highest BCUT2D eigenvalue weighted by molar-refractivity contribution is 5.88. The molecular formula is C15H19N3O. The third-order valence-electron chi connectivity index (χ3n) is 3.99. The van der Waals surface area contributed by atoms with Crippen LogP contribution in [0.5, 0.6) is 0 Å². The molecule has 0 spiro atoms. The van der Waals surface area contributed by atoms with Gasteiger partial charge in [0.1, 0.15) is 12.1 Å². The molecule has 3 rings (SSSR count). The summed E-state index contributed by atoms with van der Waals surface area (Å²) < 4.78 is 0. The zero-order chi connectivity index (χ0) is 13.1. The standard InChI is InChI=1S/C15H19N3O/c19-9-11-5-7-12(8-6-11)18-15-13-3-1-2-4-14(13)16-10-17-15/h1-4,10-12,19H,5-9H2,(H,16,17,18)/t11-,12+. The first kappa shape index (κ1) is 12.4. The Morgan fingerprint density at radius 1 is 1.11 bits per heavy atom. The van der Waals surface area contributed by atoms with E-state index in [0.717, 1.165) is 42.4 Å². The van der Waals surface area contributed by atoms with E-state index in [0.29, 0.717) is 18.6 Å². The molecule has 0 radical (unpaired) electrons. The van der Waals surface area contributed by atoms with Gasteiger partial charge in [-0.2, -0.15) is 0 Å². The molecule has 1 aromatic heterocycles. The van der Waals surface area contributed by atoms with Crippen LogP contribution in [0.3, 0.4) is 0 Å². The summed E-state index contributed by atoms with van der Waals surface area (Å²) in [4.78, 5) is 8.64. The van der Waals surface area contributed by atoms with Crippen LogP contribution in [0.2, 0.25) is 0 Å². The molecule has 1 aliphatic carbocycles. The van der Waals surface area contributed by atoms with Crippen LogP contribution in [0.15, 0.2) is 30.6 Å². The van der Waals surface area contributed by atoms with Crippen molar-refractivity contribution in [1.82, 2.24) is 9.97 Å². The molecule has 2 N–H and O–H groups in total. The second-order valence-electron chi connectivity index (χ2n) is 5.28. The Kier molecular flexibility index (Phi) is 3.60. The van der Waals surface area contributed by atoms with E-state index in [1.54, 1.807) is 6.33 Å². The van der Waals surface area contributed by atoms with Gasteiger partial charge in [-0.15, -0.1) is 0 Å². The molecule has 4 nitrogen and oxygen atoms in total. The SMILES string of the molecule is OC[C@H]1CC[C@@H](Nc2ncnc3ccccc23)CC1. The molecule has 0 atom stereocenters. The molecule has 1 heterocycles. The molecule has 19 heavy (non-hydrogen) atoms. The fourth-order valence-corrected chi connectivity index (χ4v) is 2.80. The zero-order valence-corrected chi connectivity index (χ0v) is 10.9. The summed E-state index contributed by atoms with van der Waals surface area (Å²) in [7, 11) is 0. The highest BCUT2D eigenvalue weighted by Crippen LogP contribution is 2.27.